The number of carbonyl (C=O) groups excluding carboxylic acids is 1. The van der Waals surface area contributed by atoms with Crippen molar-refractivity contribution in [1.82, 2.24) is 14.9 Å². The molecule has 0 aliphatic rings. The predicted molar refractivity (Wildman–Crippen MR) is 81.1 cm³/mol. The number of nitrogens with zero attached hydrogens (tertiary/aromatic N) is 2. The molecule has 1 amide bonds. The van der Waals surface area contributed by atoms with E-state index in [9.17, 15) is 9.18 Å². The highest BCUT2D eigenvalue weighted by Gasteiger charge is 2.16. The third-order valence-corrected chi connectivity index (χ3v) is 3.29. The molecular weight excluding hydrogens is 285 g/mol. The van der Waals surface area contributed by atoms with Crippen LogP contribution in [0, 0.1) is 5.82 Å². The molecule has 1 atom stereocenters. The SMILES string of the molecule is CCO[C@@H](CC)C(=O)NCc1ccc(-n2ccnc2)c(F)c1. The highest BCUT2D eigenvalue weighted by atomic mass is 19.1. The Morgan fingerprint density at radius 2 is 2.27 bits per heavy atom. The molecule has 1 heterocycles. The summed E-state index contributed by atoms with van der Waals surface area (Å²) in [6, 6.07) is 4.86. The Kier molecular flexibility index (Phi) is 5.66. The molecule has 0 saturated heterocycles. The fourth-order valence-corrected chi connectivity index (χ4v) is 2.15. The monoisotopic (exact) mass is 305 g/mol. The molecule has 6 heteroatoms. The second-order valence-electron chi connectivity index (χ2n) is 4.83. The van der Waals surface area contributed by atoms with Crippen LogP contribution in [-0.2, 0) is 16.1 Å². The summed E-state index contributed by atoms with van der Waals surface area (Å²) in [7, 11) is 0. The normalized spacial score (nSPS) is 12.1. The lowest BCUT2D eigenvalue weighted by Crippen LogP contribution is -2.35. The fourth-order valence-electron chi connectivity index (χ4n) is 2.15. The van der Waals surface area contributed by atoms with Crippen molar-refractivity contribution < 1.29 is 13.9 Å². The average molecular weight is 305 g/mol. The van der Waals surface area contributed by atoms with Crippen LogP contribution in [0.1, 0.15) is 25.8 Å². The molecule has 118 valence electrons. The van der Waals surface area contributed by atoms with Gasteiger partial charge in [0, 0.05) is 25.5 Å². The van der Waals surface area contributed by atoms with Crippen LogP contribution in [0.4, 0.5) is 4.39 Å². The number of imidazole rings is 1. The molecule has 1 aromatic heterocycles. The summed E-state index contributed by atoms with van der Waals surface area (Å²) in [5, 5.41) is 2.77. The summed E-state index contributed by atoms with van der Waals surface area (Å²) in [5.74, 6) is -0.537. The molecular formula is C16H20FN3O2. The van der Waals surface area contributed by atoms with Gasteiger partial charge in [0.15, 0.2) is 0 Å². The maximum absolute atomic E-state index is 14.1. The van der Waals surface area contributed by atoms with Gasteiger partial charge in [0.1, 0.15) is 11.9 Å². The van der Waals surface area contributed by atoms with Gasteiger partial charge in [-0.2, -0.15) is 0 Å². The Morgan fingerprint density at radius 3 is 2.86 bits per heavy atom. The number of carbonyl (C=O) groups is 1. The molecule has 1 N–H and O–H groups in total. The smallest absolute Gasteiger partial charge is 0.249 e. The first-order valence-electron chi connectivity index (χ1n) is 7.31. The van der Waals surface area contributed by atoms with Gasteiger partial charge in [-0.25, -0.2) is 9.37 Å². The largest absolute Gasteiger partial charge is 0.369 e. The van der Waals surface area contributed by atoms with Crippen LogP contribution in [0.2, 0.25) is 0 Å². The molecule has 2 aromatic rings. The number of amides is 1. The van der Waals surface area contributed by atoms with Crippen LogP contribution in [0.3, 0.4) is 0 Å². The van der Waals surface area contributed by atoms with E-state index in [0.717, 1.165) is 0 Å². The number of aromatic nitrogens is 2. The summed E-state index contributed by atoms with van der Waals surface area (Å²) < 4.78 is 21.0. The van der Waals surface area contributed by atoms with E-state index >= 15 is 0 Å². The molecule has 1 aromatic carbocycles. The number of hydrogen-bond donors (Lipinski definition) is 1. The number of halogens is 1. The minimum atomic E-state index is -0.458. The van der Waals surface area contributed by atoms with Gasteiger partial charge in [-0.3, -0.25) is 4.79 Å². The number of ether oxygens (including phenoxy) is 1. The summed E-state index contributed by atoms with van der Waals surface area (Å²) in [6.07, 6.45) is 4.95. The molecule has 0 saturated carbocycles. The van der Waals surface area contributed by atoms with Crippen LogP contribution in [0.5, 0.6) is 0 Å². The van der Waals surface area contributed by atoms with Gasteiger partial charge in [-0.1, -0.05) is 13.0 Å². The van der Waals surface area contributed by atoms with Crippen molar-refractivity contribution in [3.05, 3.63) is 48.3 Å². The molecule has 22 heavy (non-hydrogen) atoms. The highest BCUT2D eigenvalue weighted by molar-refractivity contribution is 5.80. The summed E-state index contributed by atoms with van der Waals surface area (Å²) in [5.41, 5.74) is 1.12. The van der Waals surface area contributed by atoms with Crippen molar-refractivity contribution in [2.45, 2.75) is 32.9 Å². The quantitative estimate of drug-likeness (QED) is 0.855. The number of benzene rings is 1. The van der Waals surface area contributed by atoms with Crippen molar-refractivity contribution in [3.8, 4) is 5.69 Å². The van der Waals surface area contributed by atoms with Gasteiger partial charge in [0.2, 0.25) is 5.91 Å². The highest BCUT2D eigenvalue weighted by Crippen LogP contribution is 2.15. The van der Waals surface area contributed by atoms with Crippen LogP contribution in [0.15, 0.2) is 36.9 Å². The second kappa shape index (κ2) is 7.70. The van der Waals surface area contributed by atoms with Crippen molar-refractivity contribution in [2.24, 2.45) is 0 Å². The first kappa shape index (κ1) is 16.2. The first-order valence-corrected chi connectivity index (χ1v) is 7.31. The molecule has 0 aliphatic heterocycles. The van der Waals surface area contributed by atoms with E-state index in [-0.39, 0.29) is 18.3 Å². The third kappa shape index (κ3) is 3.92. The minimum absolute atomic E-state index is 0.177. The molecule has 2 rings (SSSR count). The van der Waals surface area contributed by atoms with Crippen molar-refractivity contribution in [3.63, 3.8) is 0 Å². The minimum Gasteiger partial charge on any atom is -0.369 e. The van der Waals surface area contributed by atoms with Crippen molar-refractivity contribution in [2.75, 3.05) is 6.61 Å². The Hall–Kier alpha value is -2.21. The molecule has 0 bridgehead atoms. The van der Waals surface area contributed by atoms with E-state index in [2.05, 4.69) is 10.3 Å². The maximum atomic E-state index is 14.1. The Balaban J connectivity index is 1.99. The lowest BCUT2D eigenvalue weighted by atomic mass is 10.2. The van der Waals surface area contributed by atoms with Crippen LogP contribution >= 0.6 is 0 Å². The second-order valence-corrected chi connectivity index (χ2v) is 4.83. The lowest BCUT2D eigenvalue weighted by molar-refractivity contribution is -0.132. The standard InChI is InChI=1S/C16H20FN3O2/c1-3-15(22-4-2)16(21)19-10-12-5-6-14(13(17)9-12)20-8-7-18-11-20/h5-9,11,15H,3-4,10H2,1-2H3,(H,19,21)/t15-/m0/s1. The van der Waals surface area contributed by atoms with Crippen LogP contribution in [0.25, 0.3) is 5.69 Å². The summed E-state index contributed by atoms with van der Waals surface area (Å²) >= 11 is 0. The van der Waals surface area contributed by atoms with E-state index in [1.807, 2.05) is 13.8 Å². The van der Waals surface area contributed by atoms with Gasteiger partial charge in [-0.15, -0.1) is 0 Å². The summed E-state index contributed by atoms with van der Waals surface area (Å²) in [6.45, 7) is 4.49. The zero-order chi connectivity index (χ0) is 15.9. The Morgan fingerprint density at radius 1 is 1.45 bits per heavy atom. The van der Waals surface area contributed by atoms with Gasteiger partial charge < -0.3 is 14.6 Å². The Labute approximate surface area is 129 Å². The van der Waals surface area contributed by atoms with Gasteiger partial charge >= 0.3 is 0 Å². The topological polar surface area (TPSA) is 56.1 Å². The zero-order valence-corrected chi connectivity index (χ0v) is 12.8. The number of rotatable bonds is 7. The van der Waals surface area contributed by atoms with E-state index in [1.165, 1.54) is 12.4 Å². The maximum Gasteiger partial charge on any atom is 0.249 e. The predicted octanol–water partition coefficient (Wildman–Crippen LogP) is 2.44. The van der Waals surface area contributed by atoms with Gasteiger partial charge in [0.25, 0.3) is 0 Å². The molecule has 0 radical (unpaired) electrons. The molecule has 0 aliphatic carbocycles. The van der Waals surface area contributed by atoms with Gasteiger partial charge in [-0.05, 0) is 31.0 Å². The lowest BCUT2D eigenvalue weighted by Gasteiger charge is -2.15. The fraction of sp³-hybridized carbons (Fsp3) is 0.375. The summed E-state index contributed by atoms with van der Waals surface area (Å²) in [4.78, 5) is 15.8. The van der Waals surface area contributed by atoms with Crippen molar-refractivity contribution >= 4 is 5.91 Å². The van der Waals surface area contributed by atoms with E-state index in [4.69, 9.17) is 4.74 Å². The first-order chi connectivity index (χ1) is 10.7. The average Bonchev–Trinajstić information content (AvgIpc) is 3.04. The number of hydrogen-bond acceptors (Lipinski definition) is 3. The van der Waals surface area contributed by atoms with Crippen LogP contribution < -0.4 is 5.32 Å². The van der Waals surface area contributed by atoms with Crippen molar-refractivity contribution in [1.29, 1.82) is 0 Å². The Bertz CT molecular complexity index is 614. The molecule has 0 fully saturated rings. The van der Waals surface area contributed by atoms with E-state index in [0.29, 0.717) is 24.3 Å². The number of nitrogens with one attached hydrogen (secondary N) is 1. The zero-order valence-electron chi connectivity index (χ0n) is 12.8. The molecule has 0 unspecified atom stereocenters. The molecule has 0 spiro atoms. The third-order valence-electron chi connectivity index (χ3n) is 3.29. The van der Waals surface area contributed by atoms with E-state index < -0.39 is 6.10 Å². The van der Waals surface area contributed by atoms with E-state index in [1.54, 1.807) is 29.1 Å². The van der Waals surface area contributed by atoms with Crippen LogP contribution in [-0.4, -0.2) is 28.2 Å². The molecule has 5 nitrogen and oxygen atoms in total. The van der Waals surface area contributed by atoms with Gasteiger partial charge in [0.05, 0.1) is 12.0 Å².